The average molecular weight is 322 g/mol. The van der Waals surface area contributed by atoms with Gasteiger partial charge in [-0.05, 0) is 24.3 Å². The Hall–Kier alpha value is -1.73. The topological polar surface area (TPSA) is 70.5 Å². The van der Waals surface area contributed by atoms with Gasteiger partial charge in [-0.2, -0.15) is 11.3 Å². The Balaban J connectivity index is 1.74. The van der Waals surface area contributed by atoms with Gasteiger partial charge in [0.05, 0.1) is 5.92 Å². The summed E-state index contributed by atoms with van der Waals surface area (Å²) >= 11 is 3.03. The van der Waals surface area contributed by atoms with E-state index in [4.69, 9.17) is 5.11 Å². The van der Waals surface area contributed by atoms with Crippen molar-refractivity contribution in [3.8, 4) is 10.6 Å². The van der Waals surface area contributed by atoms with Gasteiger partial charge in [0.1, 0.15) is 10.7 Å². The van der Waals surface area contributed by atoms with E-state index in [1.54, 1.807) is 21.6 Å². The molecule has 0 spiro atoms. The molecule has 0 radical (unpaired) electrons. The zero-order valence-electron chi connectivity index (χ0n) is 11.2. The molecule has 0 unspecified atom stereocenters. The molecule has 1 amide bonds. The van der Waals surface area contributed by atoms with Crippen LogP contribution in [0.2, 0.25) is 0 Å². The maximum atomic E-state index is 12.4. The van der Waals surface area contributed by atoms with E-state index in [1.807, 2.05) is 16.8 Å². The van der Waals surface area contributed by atoms with Crippen molar-refractivity contribution < 1.29 is 14.7 Å². The van der Waals surface area contributed by atoms with Gasteiger partial charge >= 0.3 is 5.97 Å². The van der Waals surface area contributed by atoms with E-state index in [2.05, 4.69) is 4.98 Å². The van der Waals surface area contributed by atoms with E-state index in [-0.39, 0.29) is 12.5 Å². The molecule has 5 nitrogen and oxygen atoms in total. The first-order chi connectivity index (χ1) is 10.1. The van der Waals surface area contributed by atoms with Crippen LogP contribution in [0, 0.1) is 5.92 Å². The minimum atomic E-state index is -0.829. The molecule has 1 fully saturated rings. The molecule has 2 aromatic heterocycles. The van der Waals surface area contributed by atoms with E-state index < -0.39 is 11.9 Å². The summed E-state index contributed by atoms with van der Waals surface area (Å²) in [5, 5.41) is 15.6. The van der Waals surface area contributed by atoms with E-state index in [0.717, 1.165) is 17.0 Å². The average Bonchev–Trinajstić information content (AvgIpc) is 3.17. The van der Waals surface area contributed by atoms with E-state index in [1.165, 1.54) is 11.3 Å². The molecule has 110 valence electrons. The van der Waals surface area contributed by atoms with Crippen LogP contribution in [-0.2, 0) is 4.79 Å². The van der Waals surface area contributed by atoms with Crippen LogP contribution >= 0.6 is 22.7 Å². The molecule has 0 aliphatic carbocycles. The lowest BCUT2D eigenvalue weighted by Gasteiger charge is -2.30. The summed E-state index contributed by atoms with van der Waals surface area (Å²) in [7, 11) is 0. The van der Waals surface area contributed by atoms with Gasteiger partial charge in [0.15, 0.2) is 0 Å². The summed E-state index contributed by atoms with van der Waals surface area (Å²) < 4.78 is 0. The van der Waals surface area contributed by atoms with Gasteiger partial charge in [0, 0.05) is 29.4 Å². The number of rotatable bonds is 3. The number of aliphatic carboxylic acids is 1. The highest BCUT2D eigenvalue weighted by Gasteiger charge is 2.29. The summed E-state index contributed by atoms with van der Waals surface area (Å²) in [5.41, 5.74) is 1.43. The van der Waals surface area contributed by atoms with Crippen molar-refractivity contribution in [3.63, 3.8) is 0 Å². The predicted molar refractivity (Wildman–Crippen MR) is 81.7 cm³/mol. The maximum absolute atomic E-state index is 12.4. The monoisotopic (exact) mass is 322 g/mol. The Morgan fingerprint density at radius 1 is 1.38 bits per heavy atom. The molecule has 0 bridgehead atoms. The second-order valence-electron chi connectivity index (χ2n) is 4.98. The molecule has 1 atom stereocenters. The number of hydrogen-bond donors (Lipinski definition) is 1. The van der Waals surface area contributed by atoms with Crippen LogP contribution < -0.4 is 0 Å². The first kappa shape index (κ1) is 14.2. The smallest absolute Gasteiger partial charge is 0.308 e. The van der Waals surface area contributed by atoms with Crippen LogP contribution in [0.25, 0.3) is 10.6 Å². The highest BCUT2D eigenvalue weighted by atomic mass is 32.1. The number of carboxylic acids is 1. The lowest BCUT2D eigenvalue weighted by Crippen LogP contribution is -2.42. The summed E-state index contributed by atoms with van der Waals surface area (Å²) in [6.07, 6.45) is 1.36. The van der Waals surface area contributed by atoms with Crippen molar-refractivity contribution in [1.82, 2.24) is 9.88 Å². The highest BCUT2D eigenvalue weighted by molar-refractivity contribution is 7.14. The van der Waals surface area contributed by atoms with Crippen molar-refractivity contribution in [2.75, 3.05) is 13.1 Å². The molecule has 1 saturated heterocycles. The molecule has 21 heavy (non-hydrogen) atoms. The number of likely N-dealkylation sites (tertiary alicyclic amines) is 1. The van der Waals surface area contributed by atoms with E-state index >= 15 is 0 Å². The Bertz CT molecular complexity index is 651. The number of thiazole rings is 1. The van der Waals surface area contributed by atoms with E-state index in [0.29, 0.717) is 18.7 Å². The van der Waals surface area contributed by atoms with Gasteiger partial charge in [0.2, 0.25) is 0 Å². The lowest BCUT2D eigenvalue weighted by molar-refractivity contribution is -0.143. The third-order valence-corrected chi connectivity index (χ3v) is 5.12. The van der Waals surface area contributed by atoms with Crippen LogP contribution in [0.4, 0.5) is 0 Å². The van der Waals surface area contributed by atoms with Gasteiger partial charge in [-0.3, -0.25) is 9.59 Å². The Labute approximate surface area is 129 Å². The Morgan fingerprint density at radius 2 is 2.24 bits per heavy atom. The normalized spacial score (nSPS) is 18.7. The number of piperidine rings is 1. The molecule has 7 heteroatoms. The lowest BCUT2D eigenvalue weighted by atomic mass is 9.98. The van der Waals surface area contributed by atoms with Crippen LogP contribution in [0.5, 0.6) is 0 Å². The van der Waals surface area contributed by atoms with Crippen LogP contribution in [0.1, 0.15) is 23.3 Å². The number of carbonyl (C=O) groups is 2. The van der Waals surface area contributed by atoms with Crippen LogP contribution in [-0.4, -0.2) is 40.0 Å². The van der Waals surface area contributed by atoms with Gasteiger partial charge in [-0.15, -0.1) is 11.3 Å². The second kappa shape index (κ2) is 5.95. The summed E-state index contributed by atoms with van der Waals surface area (Å²) in [6.45, 7) is 0.882. The number of thiophene rings is 1. The van der Waals surface area contributed by atoms with Crippen LogP contribution in [0.15, 0.2) is 22.2 Å². The minimum absolute atomic E-state index is 0.168. The third-order valence-electron chi connectivity index (χ3n) is 3.55. The summed E-state index contributed by atoms with van der Waals surface area (Å²) in [5.74, 6) is -1.46. The fourth-order valence-electron chi connectivity index (χ4n) is 2.42. The van der Waals surface area contributed by atoms with Crippen molar-refractivity contribution in [2.45, 2.75) is 12.8 Å². The van der Waals surface area contributed by atoms with Crippen molar-refractivity contribution in [2.24, 2.45) is 5.92 Å². The van der Waals surface area contributed by atoms with Crippen molar-refractivity contribution >= 4 is 34.6 Å². The summed E-state index contributed by atoms with van der Waals surface area (Å²) in [4.78, 5) is 29.5. The fourth-order valence-corrected chi connectivity index (χ4v) is 3.92. The quantitative estimate of drug-likeness (QED) is 0.943. The molecule has 3 heterocycles. The molecule has 0 saturated carbocycles. The summed E-state index contributed by atoms with van der Waals surface area (Å²) in [6, 6.07) is 1.97. The number of aromatic nitrogens is 1. The number of nitrogens with zero attached hydrogens (tertiary/aromatic N) is 2. The molecule has 1 aliphatic heterocycles. The molecule has 1 aliphatic rings. The number of amides is 1. The van der Waals surface area contributed by atoms with Gasteiger partial charge < -0.3 is 10.0 Å². The van der Waals surface area contributed by atoms with Crippen LogP contribution in [0.3, 0.4) is 0 Å². The number of carbonyl (C=O) groups excluding carboxylic acids is 1. The van der Waals surface area contributed by atoms with Gasteiger partial charge in [0.25, 0.3) is 5.91 Å². The molecule has 2 aromatic rings. The second-order valence-corrected chi connectivity index (χ2v) is 6.62. The molecule has 1 N–H and O–H groups in total. The first-order valence-electron chi connectivity index (χ1n) is 6.65. The fraction of sp³-hybridized carbons (Fsp3) is 0.357. The third kappa shape index (κ3) is 2.98. The Kier molecular flexibility index (Phi) is 4.03. The highest BCUT2D eigenvalue weighted by Crippen LogP contribution is 2.27. The predicted octanol–water partition coefficient (Wildman–Crippen LogP) is 2.81. The number of hydrogen-bond acceptors (Lipinski definition) is 5. The van der Waals surface area contributed by atoms with Gasteiger partial charge in [-0.1, -0.05) is 0 Å². The first-order valence-corrected chi connectivity index (χ1v) is 8.47. The molecule has 0 aromatic carbocycles. The minimum Gasteiger partial charge on any atom is -0.481 e. The molecular formula is C14H14N2O3S2. The maximum Gasteiger partial charge on any atom is 0.308 e. The zero-order valence-corrected chi connectivity index (χ0v) is 12.8. The zero-order chi connectivity index (χ0) is 14.8. The van der Waals surface area contributed by atoms with Crippen molar-refractivity contribution in [1.29, 1.82) is 0 Å². The number of carboxylic acid groups (broad SMARTS) is 1. The standard InChI is InChI=1S/C14H14N2O3S2/c17-13(16-4-1-2-9(6-16)14(18)19)11-8-21-12(15-11)10-3-5-20-7-10/h3,5,7-9H,1-2,4,6H2,(H,18,19)/t9-/m0/s1. The molecular weight excluding hydrogens is 308 g/mol. The molecule has 3 rings (SSSR count). The SMILES string of the molecule is O=C(O)[C@H]1CCCN(C(=O)c2csc(-c3ccsc3)n2)C1. The van der Waals surface area contributed by atoms with Crippen molar-refractivity contribution in [3.05, 3.63) is 27.9 Å². The van der Waals surface area contributed by atoms with Gasteiger partial charge in [-0.25, -0.2) is 4.98 Å². The van der Waals surface area contributed by atoms with E-state index in [9.17, 15) is 9.59 Å². The Morgan fingerprint density at radius 3 is 2.95 bits per heavy atom. The largest absolute Gasteiger partial charge is 0.481 e.